The van der Waals surface area contributed by atoms with Gasteiger partial charge < -0.3 is 5.11 Å². The molecule has 1 rings (SSSR count). The molecule has 1 N–H and O–H groups in total. The molecule has 1 aromatic rings. The number of benzene rings is 1. The molecule has 78 valence electrons. The van der Waals surface area contributed by atoms with Gasteiger partial charge in [0.25, 0.3) is 0 Å². The maximum absolute atomic E-state index is 9.81. The van der Waals surface area contributed by atoms with Crippen molar-refractivity contribution in [2.75, 3.05) is 11.5 Å². The van der Waals surface area contributed by atoms with Crippen LogP contribution in [0, 0.1) is 0 Å². The first-order valence-electron chi connectivity index (χ1n) is 5.15. The minimum absolute atomic E-state index is 0.284. The quantitative estimate of drug-likeness (QED) is 0.727. The van der Waals surface area contributed by atoms with Crippen LogP contribution in [0.4, 0.5) is 0 Å². The Hall–Kier alpha value is -0.470. The van der Waals surface area contributed by atoms with Crippen molar-refractivity contribution in [1.82, 2.24) is 0 Å². The van der Waals surface area contributed by atoms with Gasteiger partial charge in [0, 0.05) is 0 Å². The lowest BCUT2D eigenvalue weighted by atomic mass is 10.1. The molecule has 0 aliphatic rings. The zero-order valence-electron chi connectivity index (χ0n) is 8.65. The van der Waals surface area contributed by atoms with E-state index < -0.39 is 0 Å². The second-order valence-corrected chi connectivity index (χ2v) is 4.66. The van der Waals surface area contributed by atoms with E-state index in [1.165, 1.54) is 5.75 Å². The summed E-state index contributed by atoms with van der Waals surface area (Å²) in [6.45, 7) is 2.16. The molecule has 14 heavy (non-hydrogen) atoms. The second-order valence-electron chi connectivity index (χ2n) is 3.27. The summed E-state index contributed by atoms with van der Waals surface area (Å²) in [5.41, 5.74) is 1.04. The third-order valence-corrected chi connectivity index (χ3v) is 3.14. The summed E-state index contributed by atoms with van der Waals surface area (Å²) in [5.74, 6) is 2.32. The van der Waals surface area contributed by atoms with Crippen LogP contribution in [0.1, 0.15) is 31.4 Å². The van der Waals surface area contributed by atoms with Gasteiger partial charge in [-0.15, -0.1) is 0 Å². The fraction of sp³-hybridized carbons (Fsp3) is 0.500. The molecule has 0 bridgehead atoms. The van der Waals surface area contributed by atoms with Crippen molar-refractivity contribution in [3.8, 4) is 0 Å². The summed E-state index contributed by atoms with van der Waals surface area (Å²) in [6.07, 6.45) is 1.68. The summed E-state index contributed by atoms with van der Waals surface area (Å²) < 4.78 is 0. The van der Waals surface area contributed by atoms with Crippen LogP contribution in [0.2, 0.25) is 0 Å². The Morgan fingerprint density at radius 1 is 1.29 bits per heavy atom. The Morgan fingerprint density at radius 3 is 2.64 bits per heavy atom. The van der Waals surface area contributed by atoms with Gasteiger partial charge in [-0.05, 0) is 29.9 Å². The molecular formula is C12H18OS. The summed E-state index contributed by atoms with van der Waals surface area (Å²) in [7, 11) is 0. The summed E-state index contributed by atoms with van der Waals surface area (Å²) in [4.78, 5) is 0. The van der Waals surface area contributed by atoms with Crippen LogP contribution in [0.3, 0.4) is 0 Å². The molecule has 0 saturated carbocycles. The Kier molecular flexibility index (Phi) is 5.72. The van der Waals surface area contributed by atoms with Crippen LogP contribution >= 0.6 is 11.8 Å². The third-order valence-electron chi connectivity index (χ3n) is 2.15. The Morgan fingerprint density at radius 2 is 2.00 bits per heavy atom. The second kappa shape index (κ2) is 6.91. The van der Waals surface area contributed by atoms with Crippen LogP contribution in [0.25, 0.3) is 0 Å². The first-order chi connectivity index (χ1) is 6.84. The molecule has 1 unspecified atom stereocenters. The number of aliphatic hydroxyl groups excluding tert-OH is 1. The zero-order chi connectivity index (χ0) is 10.2. The third kappa shape index (κ3) is 4.16. The first kappa shape index (κ1) is 11.6. The van der Waals surface area contributed by atoms with Gasteiger partial charge in [0.15, 0.2) is 0 Å². The fourth-order valence-electron chi connectivity index (χ4n) is 1.36. The standard InChI is InChI=1S/C12H18OS/c1-2-14-10-6-9-12(13)11-7-4-3-5-8-11/h3-5,7-8,12-13H,2,6,9-10H2,1H3. The van der Waals surface area contributed by atoms with Crippen molar-refractivity contribution in [3.63, 3.8) is 0 Å². The zero-order valence-corrected chi connectivity index (χ0v) is 9.46. The fourth-order valence-corrected chi connectivity index (χ4v) is 2.02. The highest BCUT2D eigenvalue weighted by Gasteiger charge is 2.05. The van der Waals surface area contributed by atoms with Gasteiger partial charge in [0.1, 0.15) is 0 Å². The molecule has 2 heteroatoms. The van der Waals surface area contributed by atoms with Crippen molar-refractivity contribution in [2.45, 2.75) is 25.9 Å². The molecule has 0 aromatic heterocycles. The maximum Gasteiger partial charge on any atom is 0.0790 e. The molecule has 0 heterocycles. The van der Waals surface area contributed by atoms with Gasteiger partial charge in [0.2, 0.25) is 0 Å². The molecule has 0 spiro atoms. The van der Waals surface area contributed by atoms with Gasteiger partial charge in [-0.1, -0.05) is 37.3 Å². The van der Waals surface area contributed by atoms with Gasteiger partial charge in [-0.25, -0.2) is 0 Å². The number of hydrogen-bond donors (Lipinski definition) is 1. The van der Waals surface area contributed by atoms with Crippen molar-refractivity contribution in [3.05, 3.63) is 35.9 Å². The Bertz CT molecular complexity index is 235. The van der Waals surface area contributed by atoms with E-state index in [0.29, 0.717) is 0 Å². The van der Waals surface area contributed by atoms with E-state index in [4.69, 9.17) is 0 Å². The predicted molar refractivity (Wildman–Crippen MR) is 63.6 cm³/mol. The monoisotopic (exact) mass is 210 g/mol. The van der Waals surface area contributed by atoms with Crippen LogP contribution < -0.4 is 0 Å². The highest BCUT2D eigenvalue weighted by atomic mass is 32.2. The van der Waals surface area contributed by atoms with Gasteiger partial charge in [-0.3, -0.25) is 0 Å². The Labute approximate surface area is 90.5 Å². The molecule has 0 saturated heterocycles. The van der Waals surface area contributed by atoms with Crippen molar-refractivity contribution >= 4 is 11.8 Å². The average Bonchev–Trinajstić information content (AvgIpc) is 2.25. The van der Waals surface area contributed by atoms with Crippen molar-refractivity contribution in [1.29, 1.82) is 0 Å². The summed E-state index contributed by atoms with van der Waals surface area (Å²) in [6, 6.07) is 9.89. The highest BCUT2D eigenvalue weighted by molar-refractivity contribution is 7.99. The smallest absolute Gasteiger partial charge is 0.0790 e. The van der Waals surface area contributed by atoms with E-state index in [1.54, 1.807) is 0 Å². The van der Waals surface area contributed by atoms with Crippen LogP contribution in [0.5, 0.6) is 0 Å². The molecule has 1 aromatic carbocycles. The van der Waals surface area contributed by atoms with Crippen molar-refractivity contribution < 1.29 is 5.11 Å². The highest BCUT2D eigenvalue weighted by Crippen LogP contribution is 2.18. The van der Waals surface area contributed by atoms with E-state index in [-0.39, 0.29) is 6.10 Å². The molecule has 0 aliphatic carbocycles. The van der Waals surface area contributed by atoms with E-state index in [9.17, 15) is 5.11 Å². The summed E-state index contributed by atoms with van der Waals surface area (Å²) in [5, 5.41) is 9.81. The molecule has 0 aliphatic heterocycles. The normalized spacial score (nSPS) is 12.7. The lowest BCUT2D eigenvalue weighted by Crippen LogP contribution is -1.97. The number of thioether (sulfide) groups is 1. The molecule has 0 fully saturated rings. The van der Waals surface area contributed by atoms with E-state index in [1.807, 2.05) is 42.1 Å². The van der Waals surface area contributed by atoms with Gasteiger partial charge in [0.05, 0.1) is 6.10 Å². The molecule has 1 atom stereocenters. The number of rotatable bonds is 6. The van der Waals surface area contributed by atoms with Crippen molar-refractivity contribution in [2.24, 2.45) is 0 Å². The van der Waals surface area contributed by atoms with Gasteiger partial charge >= 0.3 is 0 Å². The lowest BCUT2D eigenvalue weighted by molar-refractivity contribution is 0.167. The number of aliphatic hydroxyl groups is 1. The van der Waals surface area contributed by atoms with Crippen LogP contribution in [0.15, 0.2) is 30.3 Å². The van der Waals surface area contributed by atoms with E-state index in [2.05, 4.69) is 6.92 Å². The number of hydrogen-bond acceptors (Lipinski definition) is 2. The van der Waals surface area contributed by atoms with Gasteiger partial charge in [-0.2, -0.15) is 11.8 Å². The van der Waals surface area contributed by atoms with E-state index in [0.717, 1.165) is 24.2 Å². The molecule has 0 radical (unpaired) electrons. The molecule has 0 amide bonds. The average molecular weight is 210 g/mol. The first-order valence-corrected chi connectivity index (χ1v) is 6.30. The maximum atomic E-state index is 9.81. The summed E-state index contributed by atoms with van der Waals surface area (Å²) >= 11 is 1.93. The molecule has 1 nitrogen and oxygen atoms in total. The van der Waals surface area contributed by atoms with E-state index >= 15 is 0 Å². The SMILES string of the molecule is CCSCCCC(O)c1ccccc1. The van der Waals surface area contributed by atoms with Crippen LogP contribution in [-0.2, 0) is 0 Å². The predicted octanol–water partition coefficient (Wildman–Crippen LogP) is 3.25. The molecular weight excluding hydrogens is 192 g/mol. The lowest BCUT2D eigenvalue weighted by Gasteiger charge is -2.09. The Balaban J connectivity index is 2.25. The largest absolute Gasteiger partial charge is 0.388 e. The van der Waals surface area contributed by atoms with Crippen LogP contribution in [-0.4, -0.2) is 16.6 Å². The minimum Gasteiger partial charge on any atom is -0.388 e. The topological polar surface area (TPSA) is 20.2 Å². The minimum atomic E-state index is -0.284.